The number of carbonyl (C=O) groups excluding carboxylic acids is 2. The largest absolute Gasteiger partial charge is 0.463 e. The van der Waals surface area contributed by atoms with Crippen molar-refractivity contribution >= 4 is 35.0 Å². The van der Waals surface area contributed by atoms with Crippen molar-refractivity contribution in [3.63, 3.8) is 0 Å². The van der Waals surface area contributed by atoms with Gasteiger partial charge in [-0.25, -0.2) is 4.79 Å². The monoisotopic (exact) mass is 369 g/mol. The van der Waals surface area contributed by atoms with Gasteiger partial charge in [-0.3, -0.25) is 4.79 Å². The number of ether oxygens (including phenoxy) is 1. The van der Waals surface area contributed by atoms with Crippen molar-refractivity contribution in [3.8, 4) is 5.69 Å². The lowest BCUT2D eigenvalue weighted by Gasteiger charge is -2.06. The van der Waals surface area contributed by atoms with E-state index in [1.54, 1.807) is 48.7 Å². The normalized spacial score (nSPS) is 10.8. The lowest BCUT2D eigenvalue weighted by Crippen LogP contribution is -2.13. The second-order valence-electron chi connectivity index (χ2n) is 5.05. The molecule has 1 aromatic carbocycles. The molecule has 3 aromatic rings. The Morgan fingerprint density at radius 1 is 1.27 bits per heavy atom. The van der Waals surface area contributed by atoms with Gasteiger partial charge >= 0.3 is 5.97 Å². The summed E-state index contributed by atoms with van der Waals surface area (Å²) in [5, 5.41) is 15.6. The number of anilines is 1. The van der Waals surface area contributed by atoms with Gasteiger partial charge in [0.05, 0.1) is 12.3 Å². The van der Waals surface area contributed by atoms with Crippen LogP contribution < -0.4 is 5.32 Å². The van der Waals surface area contributed by atoms with Crippen LogP contribution in [0, 0.1) is 0 Å². The second kappa shape index (κ2) is 8.17. The predicted octanol–water partition coefficient (Wildman–Crippen LogP) is 2.55. The van der Waals surface area contributed by atoms with Crippen molar-refractivity contribution in [2.24, 2.45) is 0 Å². The first-order chi connectivity index (χ1) is 12.7. The van der Waals surface area contributed by atoms with Gasteiger partial charge in [0, 0.05) is 11.8 Å². The van der Waals surface area contributed by atoms with Crippen molar-refractivity contribution in [2.45, 2.75) is 6.92 Å². The standard InChI is InChI=1S/C17H15N5O3S/c1-2-25-15(23)8-5-12-3-6-13(7-4-12)19-17(24)16-14(9-10-26-16)22-11-18-20-21-22/h3-11H,2H2,1H3,(H,19,24). The Morgan fingerprint density at radius 3 is 2.77 bits per heavy atom. The van der Waals surface area contributed by atoms with Crippen molar-refractivity contribution in [1.29, 1.82) is 0 Å². The third-order valence-electron chi connectivity index (χ3n) is 3.31. The maximum absolute atomic E-state index is 12.5. The van der Waals surface area contributed by atoms with Gasteiger partial charge < -0.3 is 10.1 Å². The third kappa shape index (κ3) is 4.19. The van der Waals surface area contributed by atoms with E-state index in [1.165, 1.54) is 28.4 Å². The highest BCUT2D eigenvalue weighted by Gasteiger charge is 2.15. The summed E-state index contributed by atoms with van der Waals surface area (Å²) in [5.41, 5.74) is 2.08. The van der Waals surface area contributed by atoms with E-state index >= 15 is 0 Å². The molecule has 0 fully saturated rings. The topological polar surface area (TPSA) is 99.0 Å². The number of thiophene rings is 1. The molecule has 0 bridgehead atoms. The molecule has 9 heteroatoms. The first kappa shape index (κ1) is 17.5. The van der Waals surface area contributed by atoms with Crippen LogP contribution in [0.5, 0.6) is 0 Å². The zero-order chi connectivity index (χ0) is 18.4. The minimum Gasteiger partial charge on any atom is -0.463 e. The Hall–Kier alpha value is -3.33. The van der Waals surface area contributed by atoms with Crippen LogP contribution in [0.2, 0.25) is 0 Å². The van der Waals surface area contributed by atoms with Gasteiger partial charge in [0.2, 0.25) is 0 Å². The zero-order valence-corrected chi connectivity index (χ0v) is 14.6. The molecule has 0 aliphatic heterocycles. The van der Waals surface area contributed by atoms with Crippen molar-refractivity contribution in [1.82, 2.24) is 20.2 Å². The Labute approximate surface area is 153 Å². The Morgan fingerprint density at radius 2 is 2.08 bits per heavy atom. The van der Waals surface area contributed by atoms with Gasteiger partial charge in [0.15, 0.2) is 0 Å². The molecule has 0 aliphatic rings. The van der Waals surface area contributed by atoms with Gasteiger partial charge in [0.25, 0.3) is 5.91 Å². The van der Waals surface area contributed by atoms with Crippen LogP contribution in [0.4, 0.5) is 5.69 Å². The molecule has 1 N–H and O–H groups in total. The smallest absolute Gasteiger partial charge is 0.330 e. The molecular weight excluding hydrogens is 354 g/mol. The summed E-state index contributed by atoms with van der Waals surface area (Å²) in [6.07, 6.45) is 4.45. The molecule has 3 rings (SSSR count). The van der Waals surface area contributed by atoms with Crippen molar-refractivity contribution < 1.29 is 14.3 Å². The summed E-state index contributed by atoms with van der Waals surface area (Å²) < 4.78 is 6.26. The van der Waals surface area contributed by atoms with E-state index in [4.69, 9.17) is 4.74 Å². The van der Waals surface area contributed by atoms with Gasteiger partial charge in [-0.05, 0) is 52.6 Å². The number of carbonyl (C=O) groups is 2. The quantitative estimate of drug-likeness (QED) is 0.529. The maximum atomic E-state index is 12.5. The fourth-order valence-electron chi connectivity index (χ4n) is 2.14. The molecule has 132 valence electrons. The average molecular weight is 369 g/mol. The van der Waals surface area contributed by atoms with E-state index in [9.17, 15) is 9.59 Å². The van der Waals surface area contributed by atoms with Crippen molar-refractivity contribution in [3.05, 3.63) is 58.6 Å². The van der Waals surface area contributed by atoms with Gasteiger partial charge in [-0.15, -0.1) is 16.4 Å². The molecule has 0 aliphatic carbocycles. The van der Waals surface area contributed by atoms with Crippen LogP contribution in [-0.4, -0.2) is 38.7 Å². The number of nitrogens with zero attached hydrogens (tertiary/aromatic N) is 4. The number of nitrogens with one attached hydrogen (secondary N) is 1. The number of benzene rings is 1. The van der Waals surface area contributed by atoms with Crippen LogP contribution in [0.1, 0.15) is 22.2 Å². The van der Waals surface area contributed by atoms with Gasteiger partial charge in [0.1, 0.15) is 11.2 Å². The highest BCUT2D eigenvalue weighted by Crippen LogP contribution is 2.22. The summed E-state index contributed by atoms with van der Waals surface area (Å²) in [6, 6.07) is 8.88. The molecule has 1 amide bonds. The summed E-state index contributed by atoms with van der Waals surface area (Å²) in [5.74, 6) is -0.641. The minimum absolute atomic E-state index is 0.250. The van der Waals surface area contributed by atoms with E-state index in [1.807, 2.05) is 0 Å². The molecule has 2 heterocycles. The molecule has 0 saturated carbocycles. The number of esters is 1. The number of hydrogen-bond donors (Lipinski definition) is 1. The highest BCUT2D eigenvalue weighted by molar-refractivity contribution is 7.12. The fourth-order valence-corrected chi connectivity index (χ4v) is 2.92. The van der Waals surface area contributed by atoms with E-state index in [0.29, 0.717) is 22.9 Å². The lowest BCUT2D eigenvalue weighted by molar-refractivity contribution is -0.137. The molecule has 8 nitrogen and oxygen atoms in total. The molecule has 2 aromatic heterocycles. The number of rotatable bonds is 6. The van der Waals surface area contributed by atoms with E-state index in [0.717, 1.165) is 5.56 Å². The molecule has 0 radical (unpaired) electrons. The predicted molar refractivity (Wildman–Crippen MR) is 97.1 cm³/mol. The number of aromatic nitrogens is 4. The van der Waals surface area contributed by atoms with Crippen LogP contribution in [0.15, 0.2) is 48.1 Å². The van der Waals surface area contributed by atoms with Crippen molar-refractivity contribution in [2.75, 3.05) is 11.9 Å². The van der Waals surface area contributed by atoms with Crippen LogP contribution >= 0.6 is 11.3 Å². The highest BCUT2D eigenvalue weighted by atomic mass is 32.1. The van der Waals surface area contributed by atoms with Gasteiger partial charge in [-0.2, -0.15) is 4.68 Å². The van der Waals surface area contributed by atoms with Crippen LogP contribution in [-0.2, 0) is 9.53 Å². The zero-order valence-electron chi connectivity index (χ0n) is 13.8. The minimum atomic E-state index is -0.391. The third-order valence-corrected chi connectivity index (χ3v) is 4.22. The molecule has 0 spiro atoms. The van der Waals surface area contributed by atoms with Crippen LogP contribution in [0.3, 0.4) is 0 Å². The fraction of sp³-hybridized carbons (Fsp3) is 0.118. The number of amides is 1. The van der Waals surface area contributed by atoms with Crippen LogP contribution in [0.25, 0.3) is 11.8 Å². The summed E-state index contributed by atoms with van der Waals surface area (Å²) in [7, 11) is 0. The summed E-state index contributed by atoms with van der Waals surface area (Å²) in [6.45, 7) is 2.09. The van der Waals surface area contributed by atoms with E-state index in [2.05, 4.69) is 20.8 Å². The Kier molecular flexibility index (Phi) is 5.49. The number of tetrazole rings is 1. The first-order valence-corrected chi connectivity index (χ1v) is 8.62. The maximum Gasteiger partial charge on any atom is 0.330 e. The Bertz CT molecular complexity index is 916. The lowest BCUT2D eigenvalue weighted by atomic mass is 10.2. The summed E-state index contributed by atoms with van der Waals surface area (Å²) in [4.78, 5) is 24.3. The van der Waals surface area contributed by atoms with E-state index in [-0.39, 0.29) is 5.91 Å². The first-order valence-electron chi connectivity index (χ1n) is 7.74. The van der Waals surface area contributed by atoms with Gasteiger partial charge in [-0.1, -0.05) is 12.1 Å². The average Bonchev–Trinajstić information content (AvgIpc) is 3.32. The van der Waals surface area contributed by atoms with E-state index < -0.39 is 5.97 Å². The number of hydrogen-bond acceptors (Lipinski definition) is 7. The molecule has 26 heavy (non-hydrogen) atoms. The molecule has 0 unspecified atom stereocenters. The second-order valence-corrected chi connectivity index (χ2v) is 5.97. The summed E-state index contributed by atoms with van der Waals surface area (Å²) >= 11 is 1.30. The molecule has 0 saturated heterocycles. The molecule has 0 atom stereocenters. The Balaban J connectivity index is 1.67. The molecular formula is C17H15N5O3S. The SMILES string of the molecule is CCOC(=O)C=Cc1ccc(NC(=O)c2sccc2-n2cnnn2)cc1.